The molecule has 0 saturated heterocycles. The molecule has 46 heavy (non-hydrogen) atoms. The topological polar surface area (TPSA) is 133 Å². The van der Waals surface area contributed by atoms with Gasteiger partial charge in [0, 0.05) is 0 Å². The zero-order chi connectivity index (χ0) is 34.2. The number of hydrogen-bond acceptors (Lipinski definition) is 12. The monoisotopic (exact) mass is 666 g/mol. The quantitative estimate of drug-likeness (QED) is 0.0773. The number of aliphatic hydroxyl groups excluding tert-OH is 2. The van der Waals surface area contributed by atoms with Crippen LogP contribution in [0.25, 0.3) is 0 Å². The lowest BCUT2D eigenvalue weighted by Crippen LogP contribution is -2.34. The number of rotatable bonds is 34. The van der Waals surface area contributed by atoms with Crippen LogP contribution in [0.15, 0.2) is 0 Å². The molecular weight excluding hydrogens is 600 g/mol. The normalized spacial score (nSPS) is 14.4. The standard InChI is InChI=1S/C34H66O12/c1-31(2)29-33(5,45-27-25-43-23-21-41-19-17-39-15-13-37-11-9-35)7-8-34(6,30-32(3)4)46-28-26-44-24-22-42-20-18-40-16-14-38-12-10-36/h31-32,35-36H,9-30H2,1-6H3/t33-,34-/m1/s1. The van der Waals surface area contributed by atoms with Crippen molar-refractivity contribution in [3.8, 4) is 11.8 Å². The summed E-state index contributed by atoms with van der Waals surface area (Å²) in [6.45, 7) is 20.9. The molecule has 2 atom stereocenters. The van der Waals surface area contributed by atoms with Crippen molar-refractivity contribution < 1.29 is 57.6 Å². The maximum absolute atomic E-state index is 8.65. The second-order valence-electron chi connectivity index (χ2n) is 12.0. The second kappa shape index (κ2) is 31.4. The highest BCUT2D eigenvalue weighted by Gasteiger charge is 2.28. The van der Waals surface area contributed by atoms with Crippen molar-refractivity contribution in [1.82, 2.24) is 0 Å². The van der Waals surface area contributed by atoms with E-state index in [0.717, 1.165) is 12.8 Å². The van der Waals surface area contributed by atoms with Crippen LogP contribution in [-0.2, 0) is 47.4 Å². The third kappa shape index (κ3) is 30.4. The smallest absolute Gasteiger partial charge is 0.126 e. The summed E-state index contributed by atoms with van der Waals surface area (Å²) in [5.41, 5.74) is -1.25. The predicted octanol–water partition coefficient (Wildman–Crippen LogP) is 2.75. The van der Waals surface area contributed by atoms with Crippen LogP contribution < -0.4 is 0 Å². The molecule has 0 fully saturated rings. The maximum Gasteiger partial charge on any atom is 0.126 e. The number of ether oxygens (including phenoxy) is 10. The molecule has 0 unspecified atom stereocenters. The van der Waals surface area contributed by atoms with Crippen LogP contribution in [0.4, 0.5) is 0 Å². The molecule has 274 valence electrons. The Morgan fingerprint density at radius 2 is 0.609 bits per heavy atom. The summed E-state index contributed by atoms with van der Waals surface area (Å²) in [5.74, 6) is 7.64. The first kappa shape index (κ1) is 45.1. The molecule has 2 N–H and O–H groups in total. The molecule has 0 aromatic heterocycles. The molecule has 12 nitrogen and oxygen atoms in total. The Morgan fingerprint density at radius 3 is 0.826 bits per heavy atom. The SMILES string of the molecule is CC(C)C[C@@](C)(C#C[C@](C)(CC(C)C)OCCOCCOCCOCCOCCO)OCCOCCOCCOCCOCCO. The van der Waals surface area contributed by atoms with Crippen molar-refractivity contribution in [2.24, 2.45) is 11.8 Å². The first-order chi connectivity index (χ1) is 22.2. The summed E-state index contributed by atoms with van der Waals surface area (Å²) < 4.78 is 56.0. The molecular formula is C34H66O12. The van der Waals surface area contributed by atoms with Gasteiger partial charge in [-0.2, -0.15) is 0 Å². The van der Waals surface area contributed by atoms with E-state index in [-0.39, 0.29) is 13.2 Å². The second-order valence-corrected chi connectivity index (χ2v) is 12.0. The summed E-state index contributed by atoms with van der Waals surface area (Å²) >= 11 is 0. The van der Waals surface area contributed by atoms with Gasteiger partial charge in [0.1, 0.15) is 11.2 Å². The van der Waals surface area contributed by atoms with Crippen molar-refractivity contribution in [3.63, 3.8) is 0 Å². The minimum absolute atomic E-state index is 0.0182. The first-order valence-corrected chi connectivity index (χ1v) is 16.8. The fraction of sp³-hybridized carbons (Fsp3) is 0.941. The van der Waals surface area contributed by atoms with Gasteiger partial charge in [-0.05, 0) is 38.5 Å². The van der Waals surface area contributed by atoms with E-state index < -0.39 is 11.2 Å². The fourth-order valence-electron chi connectivity index (χ4n) is 4.42. The summed E-state index contributed by atoms with van der Waals surface area (Å²) in [7, 11) is 0. The van der Waals surface area contributed by atoms with Gasteiger partial charge in [0.05, 0.1) is 132 Å². The molecule has 0 aromatic rings. The van der Waals surface area contributed by atoms with Crippen LogP contribution in [0.2, 0.25) is 0 Å². The minimum atomic E-state index is -0.627. The zero-order valence-electron chi connectivity index (χ0n) is 29.7. The number of hydrogen-bond donors (Lipinski definition) is 2. The highest BCUT2D eigenvalue weighted by molar-refractivity contribution is 5.21. The molecule has 0 aromatic carbocycles. The lowest BCUT2D eigenvalue weighted by molar-refractivity contribution is -0.0493. The van der Waals surface area contributed by atoms with E-state index in [1.54, 1.807) is 0 Å². The van der Waals surface area contributed by atoms with Gasteiger partial charge in [-0.3, -0.25) is 0 Å². The van der Waals surface area contributed by atoms with E-state index in [1.807, 2.05) is 13.8 Å². The van der Waals surface area contributed by atoms with E-state index in [9.17, 15) is 0 Å². The van der Waals surface area contributed by atoms with Gasteiger partial charge in [0.2, 0.25) is 0 Å². The maximum atomic E-state index is 8.65. The molecule has 0 aliphatic rings. The van der Waals surface area contributed by atoms with E-state index in [4.69, 9.17) is 57.6 Å². The molecule has 0 rings (SSSR count). The summed E-state index contributed by atoms with van der Waals surface area (Å²) in [5, 5.41) is 17.3. The lowest BCUT2D eigenvalue weighted by Gasteiger charge is -2.30. The molecule has 12 heteroatoms. The molecule has 0 aliphatic heterocycles. The molecule has 0 heterocycles. The summed E-state index contributed by atoms with van der Waals surface area (Å²) in [6, 6.07) is 0. The summed E-state index contributed by atoms with van der Waals surface area (Å²) in [4.78, 5) is 0. The fourth-order valence-corrected chi connectivity index (χ4v) is 4.42. The average Bonchev–Trinajstić information content (AvgIpc) is 3.00. The molecule has 0 bridgehead atoms. The Hall–Kier alpha value is -0.920. The predicted molar refractivity (Wildman–Crippen MR) is 176 cm³/mol. The van der Waals surface area contributed by atoms with Crippen LogP contribution in [0.5, 0.6) is 0 Å². The Kier molecular flexibility index (Phi) is 30.7. The Bertz CT molecular complexity index is 658. The van der Waals surface area contributed by atoms with Gasteiger partial charge < -0.3 is 57.6 Å². The molecule has 0 radical (unpaired) electrons. The van der Waals surface area contributed by atoms with Gasteiger partial charge in [0.15, 0.2) is 0 Å². The average molecular weight is 667 g/mol. The van der Waals surface area contributed by atoms with Crippen molar-refractivity contribution in [2.75, 3.05) is 132 Å². The molecule has 0 amide bonds. The van der Waals surface area contributed by atoms with Crippen LogP contribution in [0.3, 0.4) is 0 Å². The van der Waals surface area contributed by atoms with Gasteiger partial charge in [-0.25, -0.2) is 0 Å². The highest BCUT2D eigenvalue weighted by Crippen LogP contribution is 2.24. The van der Waals surface area contributed by atoms with Crippen LogP contribution in [-0.4, -0.2) is 154 Å². The largest absolute Gasteiger partial charge is 0.394 e. The third-order valence-corrected chi connectivity index (χ3v) is 6.19. The highest BCUT2D eigenvalue weighted by atomic mass is 16.6. The molecule has 0 saturated carbocycles. The van der Waals surface area contributed by atoms with Crippen LogP contribution in [0, 0.1) is 23.7 Å². The van der Waals surface area contributed by atoms with Crippen molar-refractivity contribution in [3.05, 3.63) is 0 Å². The van der Waals surface area contributed by atoms with E-state index in [2.05, 4.69) is 39.5 Å². The Labute approximate surface area is 279 Å². The first-order valence-electron chi connectivity index (χ1n) is 16.8. The summed E-state index contributed by atoms with van der Waals surface area (Å²) in [6.07, 6.45) is 1.58. The third-order valence-electron chi connectivity index (χ3n) is 6.19. The molecule has 0 aliphatic carbocycles. The Morgan fingerprint density at radius 1 is 0.391 bits per heavy atom. The molecule has 0 spiro atoms. The van der Waals surface area contributed by atoms with Crippen LogP contribution >= 0.6 is 0 Å². The lowest BCUT2D eigenvalue weighted by atomic mass is 9.90. The van der Waals surface area contributed by atoms with E-state index in [1.165, 1.54) is 0 Å². The van der Waals surface area contributed by atoms with Crippen molar-refractivity contribution in [1.29, 1.82) is 0 Å². The van der Waals surface area contributed by atoms with Gasteiger partial charge in [-0.15, -0.1) is 0 Å². The van der Waals surface area contributed by atoms with Gasteiger partial charge in [-0.1, -0.05) is 39.5 Å². The van der Waals surface area contributed by atoms with Crippen molar-refractivity contribution in [2.45, 2.75) is 65.6 Å². The van der Waals surface area contributed by atoms with Gasteiger partial charge >= 0.3 is 0 Å². The Balaban J connectivity index is 4.38. The van der Waals surface area contributed by atoms with E-state index >= 15 is 0 Å². The number of aliphatic hydroxyl groups is 2. The van der Waals surface area contributed by atoms with E-state index in [0.29, 0.717) is 131 Å². The minimum Gasteiger partial charge on any atom is -0.394 e. The zero-order valence-corrected chi connectivity index (χ0v) is 29.7. The van der Waals surface area contributed by atoms with Crippen LogP contribution in [0.1, 0.15) is 54.4 Å². The van der Waals surface area contributed by atoms with Gasteiger partial charge in [0.25, 0.3) is 0 Å². The van der Waals surface area contributed by atoms with Crippen molar-refractivity contribution >= 4 is 0 Å².